The van der Waals surface area contributed by atoms with E-state index in [1.54, 1.807) is 6.07 Å². The molecule has 0 aliphatic carbocycles. The number of benzene rings is 2. The molecule has 27 heavy (non-hydrogen) atoms. The Morgan fingerprint density at radius 3 is 2.07 bits per heavy atom. The van der Waals surface area contributed by atoms with E-state index in [1.807, 2.05) is 0 Å². The van der Waals surface area contributed by atoms with Gasteiger partial charge in [-0.25, -0.2) is 9.18 Å². The molecular weight excluding hydrogens is 366 g/mol. The number of halogens is 4. The molecule has 0 fully saturated rings. The SMILES string of the molecule is CC(NC(=O)CC(c1ccccc1)C(F)(F)F)(C(=O)O)c1ccc(F)cc1. The van der Waals surface area contributed by atoms with Gasteiger partial charge in [-0.3, -0.25) is 4.79 Å². The number of nitrogens with one attached hydrogen (secondary N) is 1. The molecule has 8 heteroatoms. The van der Waals surface area contributed by atoms with Gasteiger partial charge in [-0.05, 0) is 30.2 Å². The molecule has 2 aromatic rings. The second-order valence-electron chi connectivity index (χ2n) is 6.19. The number of carbonyl (C=O) groups is 2. The maximum atomic E-state index is 13.4. The van der Waals surface area contributed by atoms with Crippen molar-refractivity contribution in [3.05, 3.63) is 71.5 Å². The van der Waals surface area contributed by atoms with Crippen LogP contribution in [0.5, 0.6) is 0 Å². The Balaban J connectivity index is 2.26. The van der Waals surface area contributed by atoms with Crippen LogP contribution in [0.2, 0.25) is 0 Å². The monoisotopic (exact) mass is 383 g/mol. The molecule has 0 heterocycles. The zero-order chi connectivity index (χ0) is 20.2. The minimum Gasteiger partial charge on any atom is -0.479 e. The van der Waals surface area contributed by atoms with Gasteiger partial charge in [0.1, 0.15) is 5.82 Å². The molecule has 0 aromatic heterocycles. The lowest BCUT2D eigenvalue weighted by atomic mass is 9.90. The van der Waals surface area contributed by atoms with Gasteiger partial charge in [-0.2, -0.15) is 13.2 Å². The maximum absolute atomic E-state index is 13.4. The lowest BCUT2D eigenvalue weighted by Crippen LogP contribution is -2.50. The van der Waals surface area contributed by atoms with Crippen molar-refractivity contribution in [1.29, 1.82) is 0 Å². The fourth-order valence-electron chi connectivity index (χ4n) is 2.66. The maximum Gasteiger partial charge on any atom is 0.396 e. The summed E-state index contributed by atoms with van der Waals surface area (Å²) in [6, 6.07) is 11.2. The van der Waals surface area contributed by atoms with Crippen LogP contribution in [0.4, 0.5) is 17.6 Å². The third kappa shape index (κ3) is 4.84. The molecule has 2 rings (SSSR count). The lowest BCUT2D eigenvalue weighted by Gasteiger charge is -2.28. The summed E-state index contributed by atoms with van der Waals surface area (Å²) in [5.74, 6) is -5.26. The second kappa shape index (κ2) is 7.77. The molecule has 0 bridgehead atoms. The van der Waals surface area contributed by atoms with E-state index < -0.39 is 41.7 Å². The molecule has 0 saturated heterocycles. The number of rotatable bonds is 6. The highest BCUT2D eigenvalue weighted by atomic mass is 19.4. The molecular formula is C19H17F4NO3. The van der Waals surface area contributed by atoms with Crippen LogP contribution < -0.4 is 5.32 Å². The van der Waals surface area contributed by atoms with Crippen molar-refractivity contribution >= 4 is 11.9 Å². The van der Waals surface area contributed by atoms with Crippen LogP contribution >= 0.6 is 0 Å². The average molecular weight is 383 g/mol. The highest BCUT2D eigenvalue weighted by Gasteiger charge is 2.44. The molecule has 4 nitrogen and oxygen atoms in total. The molecule has 2 atom stereocenters. The second-order valence-corrected chi connectivity index (χ2v) is 6.19. The van der Waals surface area contributed by atoms with Gasteiger partial charge in [0.15, 0.2) is 5.54 Å². The number of alkyl halides is 3. The first-order chi connectivity index (χ1) is 12.5. The van der Waals surface area contributed by atoms with Crippen molar-refractivity contribution in [2.45, 2.75) is 31.0 Å². The largest absolute Gasteiger partial charge is 0.479 e. The van der Waals surface area contributed by atoms with Gasteiger partial charge in [-0.15, -0.1) is 0 Å². The van der Waals surface area contributed by atoms with E-state index in [1.165, 1.54) is 24.3 Å². The molecule has 0 saturated carbocycles. The van der Waals surface area contributed by atoms with Gasteiger partial charge in [-0.1, -0.05) is 42.5 Å². The van der Waals surface area contributed by atoms with Gasteiger partial charge in [0.05, 0.1) is 5.92 Å². The summed E-state index contributed by atoms with van der Waals surface area (Å²) in [5.41, 5.74) is -2.07. The van der Waals surface area contributed by atoms with Crippen LogP contribution in [0.1, 0.15) is 30.4 Å². The summed E-state index contributed by atoms with van der Waals surface area (Å²) in [5, 5.41) is 11.6. The summed E-state index contributed by atoms with van der Waals surface area (Å²) >= 11 is 0. The van der Waals surface area contributed by atoms with Crippen molar-refractivity contribution in [3.8, 4) is 0 Å². The van der Waals surface area contributed by atoms with Gasteiger partial charge in [0, 0.05) is 6.42 Å². The van der Waals surface area contributed by atoms with E-state index in [2.05, 4.69) is 5.32 Å². The Labute approximate surface area is 152 Å². The number of hydrogen-bond acceptors (Lipinski definition) is 2. The Morgan fingerprint density at radius 2 is 1.59 bits per heavy atom. The average Bonchev–Trinajstić information content (AvgIpc) is 2.59. The Bertz CT molecular complexity index is 806. The molecule has 0 aliphatic heterocycles. The lowest BCUT2D eigenvalue weighted by molar-refractivity contribution is -0.159. The van der Waals surface area contributed by atoms with E-state index in [4.69, 9.17) is 0 Å². The van der Waals surface area contributed by atoms with E-state index in [0.29, 0.717) is 0 Å². The first kappa shape index (κ1) is 20.4. The molecule has 1 amide bonds. The zero-order valence-corrected chi connectivity index (χ0v) is 14.3. The molecule has 0 radical (unpaired) electrons. The minimum atomic E-state index is -4.69. The Hall–Kier alpha value is -2.90. The van der Waals surface area contributed by atoms with Gasteiger partial charge in [0.2, 0.25) is 5.91 Å². The van der Waals surface area contributed by atoms with Gasteiger partial charge < -0.3 is 10.4 Å². The van der Waals surface area contributed by atoms with Crippen LogP contribution in [-0.4, -0.2) is 23.2 Å². The smallest absolute Gasteiger partial charge is 0.396 e. The molecule has 0 aliphatic rings. The van der Waals surface area contributed by atoms with E-state index in [-0.39, 0.29) is 11.1 Å². The molecule has 144 valence electrons. The third-order valence-corrected chi connectivity index (χ3v) is 4.23. The summed E-state index contributed by atoms with van der Waals surface area (Å²) in [6.45, 7) is 1.13. The molecule has 2 N–H and O–H groups in total. The van der Waals surface area contributed by atoms with Crippen molar-refractivity contribution in [2.75, 3.05) is 0 Å². The van der Waals surface area contributed by atoms with Crippen LogP contribution in [-0.2, 0) is 15.1 Å². The first-order valence-electron chi connectivity index (χ1n) is 7.96. The number of carboxylic acid groups (broad SMARTS) is 1. The summed E-state index contributed by atoms with van der Waals surface area (Å²) in [4.78, 5) is 23.9. The first-order valence-corrected chi connectivity index (χ1v) is 7.96. The molecule has 2 aromatic carbocycles. The van der Waals surface area contributed by atoms with Gasteiger partial charge in [0.25, 0.3) is 0 Å². The normalized spacial score (nSPS) is 14.9. The standard InChI is InChI=1S/C19H17F4NO3/c1-18(17(26)27,13-7-9-14(20)10-8-13)24-16(25)11-15(19(21,22)23)12-5-3-2-4-6-12/h2-10,15H,11H2,1H3,(H,24,25)(H,26,27). The van der Waals surface area contributed by atoms with Crippen LogP contribution in [0.25, 0.3) is 0 Å². The Kier molecular flexibility index (Phi) is 5.88. The minimum absolute atomic E-state index is 0.0352. The predicted molar refractivity (Wildman–Crippen MR) is 89.4 cm³/mol. The van der Waals surface area contributed by atoms with E-state index >= 15 is 0 Å². The van der Waals surface area contributed by atoms with E-state index in [0.717, 1.165) is 31.2 Å². The van der Waals surface area contributed by atoms with E-state index in [9.17, 15) is 32.3 Å². The summed E-state index contributed by atoms with van der Waals surface area (Å²) in [6.07, 6.45) is -5.66. The van der Waals surface area contributed by atoms with Crippen LogP contribution in [0, 0.1) is 5.82 Å². The van der Waals surface area contributed by atoms with Crippen molar-refractivity contribution in [3.63, 3.8) is 0 Å². The number of carbonyl (C=O) groups excluding carboxylic acids is 1. The van der Waals surface area contributed by atoms with Crippen molar-refractivity contribution < 1.29 is 32.3 Å². The number of carboxylic acids is 1. The van der Waals surface area contributed by atoms with Crippen LogP contribution in [0.15, 0.2) is 54.6 Å². The highest BCUT2D eigenvalue weighted by molar-refractivity contribution is 5.88. The predicted octanol–water partition coefficient (Wildman–Crippen LogP) is 3.98. The summed E-state index contributed by atoms with van der Waals surface area (Å²) in [7, 11) is 0. The van der Waals surface area contributed by atoms with Crippen molar-refractivity contribution in [2.24, 2.45) is 0 Å². The number of amides is 1. The topological polar surface area (TPSA) is 66.4 Å². The third-order valence-electron chi connectivity index (χ3n) is 4.23. The highest BCUT2D eigenvalue weighted by Crippen LogP contribution is 2.37. The van der Waals surface area contributed by atoms with Crippen molar-refractivity contribution in [1.82, 2.24) is 5.32 Å². The van der Waals surface area contributed by atoms with Crippen LogP contribution in [0.3, 0.4) is 0 Å². The molecule has 0 spiro atoms. The fourth-order valence-corrected chi connectivity index (χ4v) is 2.66. The Morgan fingerprint density at radius 1 is 1.04 bits per heavy atom. The fraction of sp³-hybridized carbons (Fsp3) is 0.263. The zero-order valence-electron chi connectivity index (χ0n) is 14.3. The number of aliphatic carboxylic acids is 1. The summed E-state index contributed by atoms with van der Waals surface area (Å²) < 4.78 is 53.2. The van der Waals surface area contributed by atoms with Gasteiger partial charge >= 0.3 is 12.1 Å². The number of hydrogen-bond donors (Lipinski definition) is 2. The quantitative estimate of drug-likeness (QED) is 0.742. The molecule has 2 unspecified atom stereocenters.